The second kappa shape index (κ2) is 33.3. The number of rotatable bonds is 9. The van der Waals surface area contributed by atoms with Gasteiger partial charge in [-0.2, -0.15) is 0 Å². The highest BCUT2D eigenvalue weighted by molar-refractivity contribution is 7.02. The van der Waals surface area contributed by atoms with E-state index in [4.69, 9.17) is 0 Å². The Labute approximate surface area is 861 Å². The van der Waals surface area contributed by atoms with Crippen molar-refractivity contribution in [2.75, 3.05) is 29.4 Å². The molecule has 144 heavy (non-hydrogen) atoms. The van der Waals surface area contributed by atoms with Crippen LogP contribution in [0.15, 0.2) is 309 Å². The molecule has 16 aromatic carbocycles. The van der Waals surface area contributed by atoms with Gasteiger partial charge >= 0.3 is 0 Å². The summed E-state index contributed by atoms with van der Waals surface area (Å²) in [5.41, 5.74) is 54.0. The normalized spacial score (nSPS) is 14.3. The van der Waals surface area contributed by atoms with Crippen LogP contribution in [0.2, 0.25) is 0 Å². The van der Waals surface area contributed by atoms with Crippen molar-refractivity contribution < 1.29 is 0 Å². The van der Waals surface area contributed by atoms with Gasteiger partial charge in [0.1, 0.15) is 0 Å². The predicted octanol–water partition coefficient (Wildman–Crippen LogP) is 31.5. The van der Waals surface area contributed by atoms with Crippen LogP contribution < -0.4 is 78.6 Å². The minimum Gasteiger partial charge on any atom is -0.311 e. The van der Waals surface area contributed by atoms with Crippen molar-refractivity contribution in [2.24, 2.45) is 0 Å². The Morgan fingerprint density at radius 2 is 0.299 bits per heavy atom. The molecule has 22 rings (SSSR count). The first kappa shape index (κ1) is 95.4. The maximum atomic E-state index is 2.63. The van der Waals surface area contributed by atoms with E-state index in [0.29, 0.717) is 0 Å². The highest BCUT2D eigenvalue weighted by Crippen LogP contribution is 2.55. The standard InChI is InChI=1S/C135H141B3N6/c1-82-31-49-100(50-32-82)139-112-61-37-85(70-106(112)136-109-73-94(130(13,14)15)46-64-115(109)142(103-55-40-91(41-56-103)127(4,5)6)121-79-97(133(22,23)24)76-118(139)124(121)136)88-67-89(86-38-62-113-107(71-86)137-110-74-95(131(16,17)18)47-65-116(110)143(104-57-42-92(43-58-104)128(7,8)9)122-80-98(134(25,26)27)77-119(125(122)137)140(113)101-51-33-83(2)34-52-101)69-90(68-88)87-39-63-114-108(72-87)138-111-75-96(132(19,20)21)48-66-117(111)144(105-59-44-93(45-60-105)129(10,11)12)123-81-99(135(28,29)30)78-120(126(123)138)141(114)102-53-35-84(3)36-54-102/h31-81H,1-30H3. The maximum absolute atomic E-state index is 2.63. The third-order valence-corrected chi connectivity index (χ3v) is 32.2. The van der Waals surface area contributed by atoms with Crippen molar-refractivity contribution in [2.45, 2.75) is 256 Å². The molecule has 6 aliphatic heterocycles. The Balaban J connectivity index is 0.831. The lowest BCUT2D eigenvalue weighted by atomic mass is 9.33. The Morgan fingerprint density at radius 1 is 0.139 bits per heavy atom. The molecule has 0 bridgehead atoms. The predicted molar refractivity (Wildman–Crippen MR) is 627 cm³/mol. The average Bonchev–Trinajstić information content (AvgIpc) is 0.698. The minimum absolute atomic E-state index is 0.0329. The lowest BCUT2D eigenvalue weighted by molar-refractivity contribution is 0.589. The molecule has 6 aliphatic rings. The van der Waals surface area contributed by atoms with Crippen LogP contribution in [-0.2, 0) is 48.7 Å². The van der Waals surface area contributed by atoms with Crippen LogP contribution in [0.3, 0.4) is 0 Å². The molecule has 0 aromatic heterocycles. The Morgan fingerprint density at radius 3 is 0.479 bits per heavy atom. The monoisotopic (exact) mass is 1880 g/mol. The van der Waals surface area contributed by atoms with Crippen LogP contribution in [-0.4, -0.2) is 20.1 Å². The summed E-state index contributed by atoms with van der Waals surface area (Å²) in [6.45, 7) is 69.9. The number of nitrogens with zero attached hydrogens (tertiary/aromatic N) is 6. The third-order valence-electron chi connectivity index (χ3n) is 32.2. The van der Waals surface area contributed by atoms with E-state index in [-0.39, 0.29) is 68.9 Å². The Hall–Kier alpha value is -13.5. The van der Waals surface area contributed by atoms with E-state index >= 15 is 0 Å². The van der Waals surface area contributed by atoms with Gasteiger partial charge in [0.15, 0.2) is 0 Å². The first-order valence-corrected chi connectivity index (χ1v) is 52.7. The van der Waals surface area contributed by atoms with E-state index in [2.05, 4.69) is 546 Å². The number of anilines is 18. The van der Waals surface area contributed by atoms with Gasteiger partial charge in [0.05, 0.1) is 0 Å². The van der Waals surface area contributed by atoms with Gasteiger partial charge < -0.3 is 29.4 Å². The molecule has 6 heterocycles. The number of benzene rings is 16. The SMILES string of the molecule is Cc1ccc(N2c3ccc(-c4cc(-c5ccc6c(c5)B5c7cc(C(C)(C)C)ccc7N(c7ccc(C(C)(C)C)cc7)c7cc(C(C)(C)C)cc(c75)N6c5ccc(C)cc5)cc(-c5ccc6c(c5)B5c7cc(C(C)(C)C)ccc7N(c7ccc(C(C)(C)C)cc7)c7cc(C(C)(C)C)cc(c75)N6c5ccc(C)cc5)c4)cc3B3c4cc(C(C)(C)C)ccc4N(c4ccc(C(C)(C)C)cc4)c4cc(C(C)(C)C)cc2c43)cc1. The summed E-state index contributed by atoms with van der Waals surface area (Å²) < 4.78 is 0. The number of fused-ring (bicyclic) bond motifs is 12. The van der Waals surface area contributed by atoms with Gasteiger partial charge in [-0.25, -0.2) is 0 Å². The molecule has 0 saturated carbocycles. The van der Waals surface area contributed by atoms with Gasteiger partial charge in [-0.1, -0.05) is 349 Å². The fraction of sp³-hybridized carbons (Fsp3) is 0.289. The Bertz CT molecular complexity index is 7140. The lowest BCUT2D eigenvalue weighted by Crippen LogP contribution is -2.61. The molecular weight excluding hydrogens is 1740 g/mol. The van der Waals surface area contributed by atoms with Crippen LogP contribution in [0, 0.1) is 20.8 Å². The summed E-state index contributed by atoms with van der Waals surface area (Å²) in [6.07, 6.45) is 0. The van der Waals surface area contributed by atoms with Crippen molar-refractivity contribution in [1.82, 2.24) is 0 Å². The maximum Gasteiger partial charge on any atom is 0.252 e. The molecule has 0 radical (unpaired) electrons. The van der Waals surface area contributed by atoms with Gasteiger partial charge in [0.25, 0.3) is 20.1 Å². The van der Waals surface area contributed by atoms with E-state index in [1.807, 2.05) is 0 Å². The van der Waals surface area contributed by atoms with E-state index in [1.165, 1.54) is 184 Å². The zero-order valence-corrected chi connectivity index (χ0v) is 90.9. The molecule has 0 unspecified atom stereocenters. The number of hydrogen-bond donors (Lipinski definition) is 0. The van der Waals surface area contributed by atoms with Crippen LogP contribution in [0.25, 0.3) is 33.4 Å². The second-order valence-electron chi connectivity index (χ2n) is 51.9. The summed E-state index contributed by atoms with van der Waals surface area (Å²) in [6, 6.07) is 125. The molecule has 0 spiro atoms. The van der Waals surface area contributed by atoms with E-state index in [0.717, 1.165) is 67.5 Å². The zero-order chi connectivity index (χ0) is 102. The Kier molecular flexibility index (Phi) is 22.0. The molecule has 0 saturated heterocycles. The summed E-state index contributed by atoms with van der Waals surface area (Å²) in [5, 5.41) is 0. The number of hydrogen-bond acceptors (Lipinski definition) is 6. The van der Waals surface area contributed by atoms with Crippen molar-refractivity contribution in [3.05, 3.63) is 376 Å². The third kappa shape index (κ3) is 16.3. The highest BCUT2D eigenvalue weighted by atomic mass is 15.2. The largest absolute Gasteiger partial charge is 0.311 e. The highest BCUT2D eigenvalue weighted by Gasteiger charge is 2.50. The summed E-state index contributed by atoms with van der Waals surface area (Å²) in [5.74, 6) is 0. The molecule has 0 atom stereocenters. The lowest BCUT2D eigenvalue weighted by Gasteiger charge is -2.45. The van der Waals surface area contributed by atoms with Crippen LogP contribution in [0.1, 0.15) is 254 Å². The summed E-state index contributed by atoms with van der Waals surface area (Å²) >= 11 is 0. The quantitative estimate of drug-likeness (QED) is 0.133. The molecule has 0 amide bonds. The molecule has 6 nitrogen and oxygen atoms in total. The molecule has 720 valence electrons. The van der Waals surface area contributed by atoms with E-state index < -0.39 is 0 Å². The van der Waals surface area contributed by atoms with Crippen molar-refractivity contribution >= 4 is 172 Å². The van der Waals surface area contributed by atoms with Crippen LogP contribution in [0.5, 0.6) is 0 Å². The molecule has 0 aliphatic carbocycles. The summed E-state index contributed by atoms with van der Waals surface area (Å²) in [7, 11) is 0. The zero-order valence-electron chi connectivity index (χ0n) is 90.9. The number of aryl methyl sites for hydroxylation is 3. The molecule has 9 heteroatoms. The fourth-order valence-electron chi connectivity index (χ4n) is 23.5. The first-order valence-electron chi connectivity index (χ1n) is 52.7. The summed E-state index contributed by atoms with van der Waals surface area (Å²) in [4.78, 5) is 15.7. The molecular formula is C135H141B3N6. The molecule has 16 aromatic rings. The topological polar surface area (TPSA) is 19.4 Å². The van der Waals surface area contributed by atoms with Crippen molar-refractivity contribution in [1.29, 1.82) is 0 Å². The average molecular weight is 1880 g/mol. The molecule has 0 N–H and O–H groups in total. The van der Waals surface area contributed by atoms with Gasteiger partial charge in [-0.05, 0) is 366 Å². The van der Waals surface area contributed by atoms with Gasteiger partial charge in [0, 0.05) is 102 Å². The van der Waals surface area contributed by atoms with Crippen molar-refractivity contribution in [3.63, 3.8) is 0 Å². The van der Waals surface area contributed by atoms with Crippen molar-refractivity contribution in [3.8, 4) is 33.4 Å². The van der Waals surface area contributed by atoms with Gasteiger partial charge in [-0.15, -0.1) is 0 Å². The van der Waals surface area contributed by atoms with E-state index in [1.54, 1.807) is 0 Å². The van der Waals surface area contributed by atoms with Gasteiger partial charge in [-0.3, -0.25) is 0 Å². The van der Waals surface area contributed by atoms with Crippen LogP contribution in [0.4, 0.5) is 102 Å². The van der Waals surface area contributed by atoms with Crippen LogP contribution >= 0.6 is 0 Å². The first-order chi connectivity index (χ1) is 67.8. The smallest absolute Gasteiger partial charge is 0.252 e. The minimum atomic E-state index is -0.205. The fourth-order valence-corrected chi connectivity index (χ4v) is 23.5. The van der Waals surface area contributed by atoms with Gasteiger partial charge in [0.2, 0.25) is 0 Å². The molecule has 0 fully saturated rings. The van der Waals surface area contributed by atoms with E-state index in [9.17, 15) is 0 Å². The second-order valence-corrected chi connectivity index (χ2v) is 51.9.